The van der Waals surface area contributed by atoms with Gasteiger partial charge in [0.05, 0.1) is 0 Å². The molecule has 422 valence electrons. The third-order valence-electron chi connectivity index (χ3n) is 14.5. The molecule has 6 heteroatoms. The molecule has 1 atom stereocenters. The SMILES string of the molecule is CCCCCCC\C=C/C=C\C=C/CCCCCCCC(=O)OC(COC(=O)CCCCCCCCCCCCCCCCCCC)COC(=O)CCCCCCCCCCCCCCCCCCCCC. The van der Waals surface area contributed by atoms with Crippen LogP contribution in [-0.2, 0) is 28.6 Å². The van der Waals surface area contributed by atoms with Crippen LogP contribution in [0.15, 0.2) is 36.5 Å². The van der Waals surface area contributed by atoms with E-state index in [9.17, 15) is 14.4 Å². The first-order chi connectivity index (χ1) is 35.5. The van der Waals surface area contributed by atoms with Gasteiger partial charge in [-0.05, 0) is 44.9 Å². The van der Waals surface area contributed by atoms with Crippen LogP contribution in [0.5, 0.6) is 0 Å². The van der Waals surface area contributed by atoms with Gasteiger partial charge in [-0.2, -0.15) is 0 Å². The number of hydrogen-bond donors (Lipinski definition) is 0. The van der Waals surface area contributed by atoms with Gasteiger partial charge in [0.1, 0.15) is 13.2 Å². The number of allylic oxidation sites excluding steroid dienone is 6. The Labute approximate surface area is 448 Å². The van der Waals surface area contributed by atoms with E-state index in [-0.39, 0.29) is 31.1 Å². The summed E-state index contributed by atoms with van der Waals surface area (Å²) in [6.07, 6.45) is 74.3. The molecule has 0 aromatic carbocycles. The normalized spacial score (nSPS) is 12.2. The smallest absolute Gasteiger partial charge is 0.306 e. The van der Waals surface area contributed by atoms with E-state index in [1.165, 1.54) is 231 Å². The van der Waals surface area contributed by atoms with Gasteiger partial charge < -0.3 is 14.2 Å². The number of rotatable bonds is 59. The molecule has 0 saturated heterocycles. The average Bonchev–Trinajstić information content (AvgIpc) is 3.38. The van der Waals surface area contributed by atoms with Crippen LogP contribution in [-0.4, -0.2) is 37.2 Å². The molecule has 0 fully saturated rings. The zero-order valence-corrected chi connectivity index (χ0v) is 48.5. The van der Waals surface area contributed by atoms with E-state index in [4.69, 9.17) is 14.2 Å². The zero-order valence-electron chi connectivity index (χ0n) is 48.5. The maximum atomic E-state index is 12.9. The Morgan fingerprint density at radius 1 is 0.278 bits per heavy atom. The minimum atomic E-state index is -0.780. The Kier molecular flexibility index (Phi) is 59.2. The molecule has 0 aliphatic heterocycles. The summed E-state index contributed by atoms with van der Waals surface area (Å²) in [7, 11) is 0. The van der Waals surface area contributed by atoms with Crippen molar-refractivity contribution in [3.05, 3.63) is 36.5 Å². The molecule has 0 radical (unpaired) electrons. The van der Waals surface area contributed by atoms with E-state index in [1.54, 1.807) is 0 Å². The standard InChI is InChI=1S/C66H122O6/c1-4-7-10-13-16-19-22-25-28-31-33-36-38-41-44-47-50-53-56-59-65(68)71-62-63(61-70-64(67)58-55-52-49-46-43-40-37-34-30-27-24-21-18-15-12-9-6-3)72-66(69)60-57-54-51-48-45-42-39-35-32-29-26-23-20-17-14-11-8-5-2/h23,26,29,32,35,39,63H,4-22,24-25,27-28,30-31,33-34,36-38,40-62H2,1-3H3/b26-23-,32-29-,39-35-. The Morgan fingerprint density at radius 2 is 0.500 bits per heavy atom. The molecule has 0 saturated carbocycles. The van der Waals surface area contributed by atoms with Gasteiger partial charge in [-0.3, -0.25) is 14.4 Å². The first kappa shape index (κ1) is 69.6. The number of carbonyl (C=O) groups excluding carboxylic acids is 3. The van der Waals surface area contributed by atoms with Crippen LogP contribution in [0, 0.1) is 0 Å². The minimum Gasteiger partial charge on any atom is -0.462 e. The highest BCUT2D eigenvalue weighted by Gasteiger charge is 2.19. The predicted octanol–water partition coefficient (Wildman–Crippen LogP) is 21.6. The van der Waals surface area contributed by atoms with Crippen molar-refractivity contribution in [1.82, 2.24) is 0 Å². The molecule has 0 bridgehead atoms. The molecular weight excluding hydrogens is 889 g/mol. The van der Waals surface area contributed by atoms with Crippen molar-refractivity contribution in [2.24, 2.45) is 0 Å². The molecule has 6 nitrogen and oxygen atoms in total. The molecule has 0 N–H and O–H groups in total. The average molecular weight is 1010 g/mol. The second-order valence-electron chi connectivity index (χ2n) is 21.7. The van der Waals surface area contributed by atoms with E-state index in [2.05, 4.69) is 57.2 Å². The van der Waals surface area contributed by atoms with Crippen molar-refractivity contribution < 1.29 is 28.6 Å². The fraction of sp³-hybridized carbons (Fsp3) is 0.864. The number of esters is 3. The Bertz CT molecular complexity index is 1210. The molecule has 0 aliphatic rings. The lowest BCUT2D eigenvalue weighted by atomic mass is 10.0. The fourth-order valence-corrected chi connectivity index (χ4v) is 9.62. The second-order valence-corrected chi connectivity index (χ2v) is 21.7. The summed E-state index contributed by atoms with van der Waals surface area (Å²) in [5.41, 5.74) is 0. The van der Waals surface area contributed by atoms with E-state index in [0.717, 1.165) is 77.0 Å². The Hall–Kier alpha value is -2.37. The van der Waals surface area contributed by atoms with Gasteiger partial charge >= 0.3 is 17.9 Å². The van der Waals surface area contributed by atoms with Gasteiger partial charge in [0.2, 0.25) is 0 Å². The summed E-state index contributed by atoms with van der Waals surface area (Å²) in [4.78, 5) is 38.3. The van der Waals surface area contributed by atoms with E-state index >= 15 is 0 Å². The molecule has 1 unspecified atom stereocenters. The number of hydrogen-bond acceptors (Lipinski definition) is 6. The van der Waals surface area contributed by atoms with Crippen LogP contribution >= 0.6 is 0 Å². The topological polar surface area (TPSA) is 78.9 Å². The van der Waals surface area contributed by atoms with Gasteiger partial charge in [-0.15, -0.1) is 0 Å². The fourth-order valence-electron chi connectivity index (χ4n) is 9.62. The summed E-state index contributed by atoms with van der Waals surface area (Å²) in [5, 5.41) is 0. The highest BCUT2D eigenvalue weighted by atomic mass is 16.6. The monoisotopic (exact) mass is 1010 g/mol. The van der Waals surface area contributed by atoms with Crippen LogP contribution in [0.2, 0.25) is 0 Å². The van der Waals surface area contributed by atoms with Crippen LogP contribution in [0.3, 0.4) is 0 Å². The van der Waals surface area contributed by atoms with Gasteiger partial charge in [0.15, 0.2) is 6.10 Å². The van der Waals surface area contributed by atoms with Crippen LogP contribution in [0.4, 0.5) is 0 Å². The van der Waals surface area contributed by atoms with Gasteiger partial charge in [0, 0.05) is 19.3 Å². The van der Waals surface area contributed by atoms with Crippen molar-refractivity contribution >= 4 is 17.9 Å². The molecule has 0 aromatic rings. The van der Waals surface area contributed by atoms with Crippen molar-refractivity contribution in [1.29, 1.82) is 0 Å². The van der Waals surface area contributed by atoms with Gasteiger partial charge in [0.25, 0.3) is 0 Å². The number of unbranched alkanes of at least 4 members (excludes halogenated alkanes) is 44. The maximum absolute atomic E-state index is 12.9. The number of ether oxygens (including phenoxy) is 3. The van der Waals surface area contributed by atoms with Crippen LogP contribution < -0.4 is 0 Å². The first-order valence-corrected chi connectivity index (χ1v) is 32.0. The van der Waals surface area contributed by atoms with Crippen molar-refractivity contribution in [2.75, 3.05) is 13.2 Å². The Balaban J connectivity index is 4.36. The van der Waals surface area contributed by atoms with E-state index < -0.39 is 6.10 Å². The van der Waals surface area contributed by atoms with E-state index in [1.807, 2.05) is 0 Å². The highest BCUT2D eigenvalue weighted by Crippen LogP contribution is 2.18. The molecule has 0 amide bonds. The third kappa shape index (κ3) is 58.5. The van der Waals surface area contributed by atoms with Crippen molar-refractivity contribution in [3.63, 3.8) is 0 Å². The van der Waals surface area contributed by atoms with Crippen LogP contribution in [0.25, 0.3) is 0 Å². The van der Waals surface area contributed by atoms with Gasteiger partial charge in [-0.1, -0.05) is 320 Å². The lowest BCUT2D eigenvalue weighted by Crippen LogP contribution is -2.30. The second kappa shape index (κ2) is 61.2. The molecular formula is C66H122O6. The molecule has 0 aromatic heterocycles. The number of carbonyl (C=O) groups is 3. The molecule has 72 heavy (non-hydrogen) atoms. The summed E-state index contributed by atoms with van der Waals surface area (Å²) in [5.74, 6) is -0.869. The molecule has 0 spiro atoms. The lowest BCUT2D eigenvalue weighted by molar-refractivity contribution is -0.167. The summed E-state index contributed by atoms with van der Waals surface area (Å²) >= 11 is 0. The van der Waals surface area contributed by atoms with Crippen molar-refractivity contribution in [3.8, 4) is 0 Å². The molecule has 0 rings (SSSR count). The van der Waals surface area contributed by atoms with Gasteiger partial charge in [-0.25, -0.2) is 0 Å². The minimum absolute atomic E-state index is 0.0752. The molecule has 0 heterocycles. The lowest BCUT2D eigenvalue weighted by Gasteiger charge is -2.18. The van der Waals surface area contributed by atoms with Crippen LogP contribution in [0.1, 0.15) is 348 Å². The predicted molar refractivity (Wildman–Crippen MR) is 312 cm³/mol. The molecule has 0 aliphatic carbocycles. The maximum Gasteiger partial charge on any atom is 0.306 e. The summed E-state index contributed by atoms with van der Waals surface area (Å²) in [6.45, 7) is 6.68. The largest absolute Gasteiger partial charge is 0.462 e. The summed E-state index contributed by atoms with van der Waals surface area (Å²) < 4.78 is 16.9. The quantitative estimate of drug-likeness (QED) is 0.0261. The third-order valence-corrected chi connectivity index (χ3v) is 14.5. The summed E-state index contributed by atoms with van der Waals surface area (Å²) in [6, 6.07) is 0. The van der Waals surface area contributed by atoms with Crippen molar-refractivity contribution in [2.45, 2.75) is 354 Å². The first-order valence-electron chi connectivity index (χ1n) is 32.0. The highest BCUT2D eigenvalue weighted by molar-refractivity contribution is 5.71. The van der Waals surface area contributed by atoms with E-state index in [0.29, 0.717) is 19.3 Å². The Morgan fingerprint density at radius 3 is 0.764 bits per heavy atom. The zero-order chi connectivity index (χ0) is 52.2.